The third-order valence-corrected chi connectivity index (χ3v) is 2.88. The van der Waals surface area contributed by atoms with Crippen LogP contribution in [-0.4, -0.2) is 35.3 Å². The van der Waals surface area contributed by atoms with Gasteiger partial charge in [-0.05, 0) is 29.9 Å². The minimum absolute atomic E-state index is 0.405. The molecule has 6 nitrogen and oxygen atoms in total. The summed E-state index contributed by atoms with van der Waals surface area (Å²) in [4.78, 5) is 0. The highest BCUT2D eigenvalue weighted by Crippen LogP contribution is 2.35. The first kappa shape index (κ1) is 13.6. The predicted molar refractivity (Wildman–Crippen MR) is 75.0 cm³/mol. The fourth-order valence-electron chi connectivity index (χ4n) is 1.47. The Labute approximate surface area is 119 Å². The lowest BCUT2D eigenvalue weighted by Gasteiger charge is -2.09. The Kier molecular flexibility index (Phi) is 4.18. The monoisotopic (exact) mass is 298 g/mol. The van der Waals surface area contributed by atoms with Crippen molar-refractivity contribution >= 4 is 30.0 Å². The van der Waals surface area contributed by atoms with E-state index in [1.54, 1.807) is 25.5 Å². The predicted octanol–water partition coefficient (Wildman–Crippen LogP) is 2.49. The fraction of sp³-hybridized carbons (Fsp3) is 0.182. The van der Waals surface area contributed by atoms with Crippen LogP contribution < -0.4 is 9.47 Å². The number of halogens is 1. The van der Waals surface area contributed by atoms with Crippen molar-refractivity contribution in [2.75, 3.05) is 14.2 Å². The lowest BCUT2D eigenvalue weighted by Crippen LogP contribution is -1.95. The van der Waals surface area contributed by atoms with Gasteiger partial charge in [0.1, 0.15) is 6.33 Å². The maximum absolute atomic E-state index is 6.09. The second-order valence-electron chi connectivity index (χ2n) is 3.49. The van der Waals surface area contributed by atoms with Gasteiger partial charge in [0.25, 0.3) is 0 Å². The molecule has 0 saturated carbocycles. The molecule has 2 rings (SSSR count). The maximum Gasteiger partial charge on any atom is 0.216 e. The molecule has 8 heteroatoms. The van der Waals surface area contributed by atoms with Crippen molar-refractivity contribution in [2.45, 2.75) is 0 Å². The van der Waals surface area contributed by atoms with Crippen molar-refractivity contribution in [3.63, 3.8) is 0 Å². The Bertz CT molecular complexity index is 665. The van der Waals surface area contributed by atoms with E-state index in [-0.39, 0.29) is 0 Å². The molecular weight excluding hydrogens is 288 g/mol. The summed E-state index contributed by atoms with van der Waals surface area (Å²) in [5.74, 6) is 1.02. The van der Waals surface area contributed by atoms with Gasteiger partial charge in [0.2, 0.25) is 4.77 Å². The normalized spacial score (nSPS) is 10.9. The van der Waals surface area contributed by atoms with Crippen LogP contribution in [0.3, 0.4) is 0 Å². The third kappa shape index (κ3) is 2.94. The minimum Gasteiger partial charge on any atom is -0.493 e. The van der Waals surface area contributed by atoms with Gasteiger partial charge in [-0.25, -0.2) is 0 Å². The Morgan fingerprint density at radius 3 is 2.79 bits per heavy atom. The molecule has 0 bridgehead atoms. The summed E-state index contributed by atoms with van der Waals surface area (Å²) in [7, 11) is 3.07. The van der Waals surface area contributed by atoms with Gasteiger partial charge in [-0.3, -0.25) is 5.10 Å². The van der Waals surface area contributed by atoms with E-state index in [1.807, 2.05) is 0 Å². The molecule has 0 spiro atoms. The average molecular weight is 299 g/mol. The summed E-state index contributed by atoms with van der Waals surface area (Å²) in [6.45, 7) is 0. The molecule has 19 heavy (non-hydrogen) atoms. The van der Waals surface area contributed by atoms with E-state index in [0.29, 0.717) is 21.3 Å². The smallest absolute Gasteiger partial charge is 0.216 e. The first-order chi connectivity index (χ1) is 9.15. The van der Waals surface area contributed by atoms with Crippen LogP contribution in [0.5, 0.6) is 11.5 Å². The molecule has 0 saturated heterocycles. The number of nitrogens with zero attached hydrogens (tertiary/aromatic N) is 3. The Balaban J connectivity index is 2.36. The largest absolute Gasteiger partial charge is 0.493 e. The number of ether oxygens (including phenoxy) is 2. The van der Waals surface area contributed by atoms with E-state index in [0.717, 1.165) is 5.56 Å². The summed E-state index contributed by atoms with van der Waals surface area (Å²) in [6.07, 6.45) is 3.07. The van der Waals surface area contributed by atoms with Crippen molar-refractivity contribution in [1.29, 1.82) is 0 Å². The van der Waals surface area contributed by atoms with E-state index in [1.165, 1.54) is 18.1 Å². The van der Waals surface area contributed by atoms with Crippen molar-refractivity contribution in [2.24, 2.45) is 5.10 Å². The highest BCUT2D eigenvalue weighted by atomic mass is 35.5. The Morgan fingerprint density at radius 2 is 2.21 bits per heavy atom. The molecule has 1 aromatic carbocycles. The van der Waals surface area contributed by atoms with Crippen LogP contribution in [0.2, 0.25) is 5.02 Å². The van der Waals surface area contributed by atoms with Crippen LogP contribution in [0.1, 0.15) is 5.56 Å². The minimum atomic E-state index is 0.405. The molecule has 0 fully saturated rings. The molecule has 0 aliphatic heterocycles. The molecule has 0 radical (unpaired) electrons. The molecule has 1 N–H and O–H groups in total. The molecule has 0 amide bonds. The lowest BCUT2D eigenvalue weighted by molar-refractivity contribution is 0.355. The van der Waals surface area contributed by atoms with Crippen LogP contribution in [0.15, 0.2) is 23.6 Å². The van der Waals surface area contributed by atoms with Gasteiger partial charge in [0.05, 0.1) is 25.5 Å². The van der Waals surface area contributed by atoms with E-state index >= 15 is 0 Å². The number of benzene rings is 1. The van der Waals surface area contributed by atoms with E-state index in [9.17, 15) is 0 Å². The van der Waals surface area contributed by atoms with Crippen molar-refractivity contribution in [3.8, 4) is 11.5 Å². The third-order valence-electron chi connectivity index (χ3n) is 2.32. The van der Waals surface area contributed by atoms with Gasteiger partial charge >= 0.3 is 0 Å². The summed E-state index contributed by atoms with van der Waals surface area (Å²) in [6, 6.07) is 3.48. The first-order valence-corrected chi connectivity index (χ1v) is 6.02. The van der Waals surface area contributed by atoms with Gasteiger partial charge in [-0.1, -0.05) is 11.6 Å². The van der Waals surface area contributed by atoms with Crippen molar-refractivity contribution < 1.29 is 9.47 Å². The highest BCUT2D eigenvalue weighted by molar-refractivity contribution is 7.71. The number of methoxy groups -OCH3 is 2. The van der Waals surface area contributed by atoms with E-state index in [2.05, 4.69) is 15.3 Å². The number of nitrogens with one attached hydrogen (secondary N) is 1. The van der Waals surface area contributed by atoms with Gasteiger partial charge in [0, 0.05) is 0 Å². The molecular formula is C11H11ClN4O2S. The van der Waals surface area contributed by atoms with Crippen LogP contribution in [0, 0.1) is 4.77 Å². The van der Waals surface area contributed by atoms with E-state index in [4.69, 9.17) is 33.3 Å². The lowest BCUT2D eigenvalue weighted by atomic mass is 10.2. The number of H-pyrrole nitrogens is 1. The van der Waals surface area contributed by atoms with Gasteiger partial charge in [0.15, 0.2) is 11.5 Å². The standard InChI is InChI=1S/C11H11ClN4O2S/c1-17-9-4-7(3-8(12)10(9)18-2)5-14-16-6-13-15-11(16)19/h3-6H,1-2H3,(H,15,19)/b14-5-. The summed E-state index contributed by atoms with van der Waals surface area (Å²) in [5.41, 5.74) is 0.755. The highest BCUT2D eigenvalue weighted by Gasteiger charge is 2.09. The van der Waals surface area contributed by atoms with Gasteiger partial charge < -0.3 is 9.47 Å². The van der Waals surface area contributed by atoms with Crippen LogP contribution in [-0.2, 0) is 0 Å². The number of hydrogen-bond donors (Lipinski definition) is 1. The average Bonchev–Trinajstić information content (AvgIpc) is 2.81. The van der Waals surface area contributed by atoms with Crippen LogP contribution >= 0.6 is 23.8 Å². The Hall–Kier alpha value is -1.86. The molecule has 100 valence electrons. The molecule has 0 atom stereocenters. The molecule has 1 aromatic heterocycles. The molecule has 0 aliphatic rings. The quantitative estimate of drug-likeness (QED) is 0.696. The maximum atomic E-state index is 6.09. The SMILES string of the molecule is COc1cc(/C=N\n2cn[nH]c2=S)cc(Cl)c1OC. The number of hydrogen-bond acceptors (Lipinski definition) is 5. The number of aromatic amines is 1. The zero-order valence-corrected chi connectivity index (χ0v) is 11.8. The fourth-order valence-corrected chi connectivity index (χ4v) is 1.91. The van der Waals surface area contributed by atoms with Gasteiger partial charge in [-0.2, -0.15) is 14.9 Å². The zero-order chi connectivity index (χ0) is 13.8. The molecule has 1 heterocycles. The summed E-state index contributed by atoms with van der Waals surface area (Å²) in [5, 5.41) is 11.0. The molecule has 0 unspecified atom stereocenters. The second kappa shape index (κ2) is 5.85. The van der Waals surface area contributed by atoms with Crippen molar-refractivity contribution in [1.82, 2.24) is 14.9 Å². The van der Waals surface area contributed by atoms with Crippen molar-refractivity contribution in [3.05, 3.63) is 33.8 Å². The van der Waals surface area contributed by atoms with Crippen LogP contribution in [0.25, 0.3) is 0 Å². The molecule has 0 aliphatic carbocycles. The second-order valence-corrected chi connectivity index (χ2v) is 4.28. The zero-order valence-electron chi connectivity index (χ0n) is 10.3. The van der Waals surface area contributed by atoms with E-state index < -0.39 is 0 Å². The first-order valence-electron chi connectivity index (χ1n) is 5.23. The van der Waals surface area contributed by atoms with Gasteiger partial charge in [-0.15, -0.1) is 0 Å². The number of rotatable bonds is 4. The summed E-state index contributed by atoms with van der Waals surface area (Å²) >= 11 is 11.1. The number of aromatic nitrogens is 3. The Morgan fingerprint density at radius 1 is 1.42 bits per heavy atom. The van der Waals surface area contributed by atoms with Crippen LogP contribution in [0.4, 0.5) is 0 Å². The topological polar surface area (TPSA) is 64.4 Å². The summed E-state index contributed by atoms with van der Waals surface area (Å²) < 4.78 is 12.2. The molecule has 2 aromatic rings.